The van der Waals surface area contributed by atoms with Crippen molar-refractivity contribution in [2.75, 3.05) is 0 Å². The lowest BCUT2D eigenvalue weighted by atomic mass is 9.94. The van der Waals surface area contributed by atoms with Crippen LogP contribution >= 0.6 is 0 Å². The lowest BCUT2D eigenvalue weighted by molar-refractivity contribution is 0.103. The van der Waals surface area contributed by atoms with Crippen LogP contribution in [0.1, 0.15) is 52.6 Å². The molecule has 1 heterocycles. The lowest BCUT2D eigenvalue weighted by Crippen LogP contribution is -2.10. The second-order valence-corrected chi connectivity index (χ2v) is 6.95. The largest absolute Gasteiger partial charge is 0.772 e. The van der Waals surface area contributed by atoms with E-state index in [0.29, 0.717) is 22.5 Å². The molecule has 1 aromatic heterocycles. The highest BCUT2D eigenvalue weighted by molar-refractivity contribution is 7.78. The molecule has 0 bridgehead atoms. The molecule has 6 heteroatoms. The molecule has 3 rings (SSSR count). The van der Waals surface area contributed by atoms with Crippen molar-refractivity contribution in [3.05, 3.63) is 52.4 Å². The molecule has 0 spiro atoms. The highest BCUT2D eigenvalue weighted by Crippen LogP contribution is 2.49. The maximum Gasteiger partial charge on any atom is 0.198 e. The van der Waals surface area contributed by atoms with Crippen LogP contribution in [0.25, 0.3) is 0 Å². The summed E-state index contributed by atoms with van der Waals surface area (Å²) in [5.41, 5.74) is 2.40. The summed E-state index contributed by atoms with van der Waals surface area (Å²) in [4.78, 5) is 12.7. The maximum absolute atomic E-state index is 12.7. The van der Waals surface area contributed by atoms with Crippen LogP contribution < -0.4 is 0 Å². The Kier molecular flexibility index (Phi) is 3.74. The van der Waals surface area contributed by atoms with Gasteiger partial charge in [0.05, 0.1) is 11.8 Å². The quantitative estimate of drug-likeness (QED) is 0.625. The fraction of sp³-hybridized carbons (Fsp3) is 0.375. The topological polar surface area (TPSA) is 83.2 Å². The number of hydrogen-bond acceptors (Lipinski definition) is 5. The van der Waals surface area contributed by atoms with Crippen molar-refractivity contribution in [3.63, 3.8) is 0 Å². The molecule has 1 saturated carbocycles. The lowest BCUT2D eigenvalue weighted by Gasteiger charge is -2.10. The summed E-state index contributed by atoms with van der Waals surface area (Å²) in [7, 11) is 0. The number of aromatic nitrogens is 1. The molecule has 1 aromatic carbocycles. The molecule has 1 unspecified atom stereocenters. The summed E-state index contributed by atoms with van der Waals surface area (Å²) in [6.07, 6.45) is 3.46. The van der Waals surface area contributed by atoms with Crippen LogP contribution in [0, 0.1) is 6.92 Å². The number of carbonyl (C=O) groups is 1. The Morgan fingerprint density at radius 3 is 2.73 bits per heavy atom. The van der Waals surface area contributed by atoms with E-state index in [1.165, 1.54) is 6.20 Å². The van der Waals surface area contributed by atoms with Gasteiger partial charge in [0.15, 0.2) is 11.5 Å². The second-order valence-electron chi connectivity index (χ2n) is 6.06. The summed E-state index contributed by atoms with van der Waals surface area (Å²) in [6, 6.07) is 5.07. The Labute approximate surface area is 131 Å². The number of carbonyl (C=O) groups excluding carboxylic acids is 1. The van der Waals surface area contributed by atoms with Crippen LogP contribution in [0.4, 0.5) is 0 Å². The fourth-order valence-electron chi connectivity index (χ4n) is 2.60. The van der Waals surface area contributed by atoms with E-state index in [1.54, 1.807) is 25.1 Å². The van der Waals surface area contributed by atoms with Crippen LogP contribution in [-0.4, -0.2) is 19.7 Å². The summed E-state index contributed by atoms with van der Waals surface area (Å²) in [5.74, 6) is 0.477. The van der Waals surface area contributed by atoms with E-state index in [4.69, 9.17) is 4.52 Å². The van der Waals surface area contributed by atoms with Crippen LogP contribution in [0.3, 0.4) is 0 Å². The summed E-state index contributed by atoms with van der Waals surface area (Å²) >= 11 is -2.14. The van der Waals surface area contributed by atoms with Crippen molar-refractivity contribution < 1.29 is 18.1 Å². The van der Waals surface area contributed by atoms with E-state index in [9.17, 15) is 13.6 Å². The van der Waals surface area contributed by atoms with Crippen LogP contribution in [0.2, 0.25) is 0 Å². The first-order valence-electron chi connectivity index (χ1n) is 7.06. The summed E-state index contributed by atoms with van der Waals surface area (Å²) in [6.45, 7) is 3.86. The van der Waals surface area contributed by atoms with E-state index < -0.39 is 11.1 Å². The number of benzene rings is 1. The van der Waals surface area contributed by atoms with E-state index in [2.05, 4.69) is 12.1 Å². The zero-order valence-corrected chi connectivity index (χ0v) is 13.2. The van der Waals surface area contributed by atoms with Crippen molar-refractivity contribution in [2.45, 2.75) is 37.9 Å². The molecule has 0 amide bonds. The molecule has 1 fully saturated rings. The zero-order chi connectivity index (χ0) is 15.9. The standard InChI is InChI=1S/C16H17NO4S/c1-10-7-11(9-22(19)20)3-4-12(10)14(18)13-8-17-21-15(13)16(2)5-6-16/h3-4,7-8H,5-6,9H2,1-2H3,(H,19,20)/p-1. The first kappa shape index (κ1) is 15.1. The molecule has 1 aliphatic rings. The van der Waals surface area contributed by atoms with Gasteiger partial charge in [-0.2, -0.15) is 0 Å². The van der Waals surface area contributed by atoms with Crippen LogP contribution in [-0.2, 0) is 22.2 Å². The second kappa shape index (κ2) is 5.44. The third-order valence-corrected chi connectivity index (χ3v) is 4.75. The van der Waals surface area contributed by atoms with Gasteiger partial charge in [-0.3, -0.25) is 9.00 Å². The SMILES string of the molecule is Cc1cc(CS(=O)[O-])ccc1C(=O)c1cnoc1C1(C)CC1. The first-order valence-corrected chi connectivity index (χ1v) is 8.30. The van der Waals surface area contributed by atoms with Gasteiger partial charge in [-0.1, -0.05) is 41.4 Å². The van der Waals surface area contributed by atoms with Gasteiger partial charge in [-0.15, -0.1) is 0 Å². The minimum Gasteiger partial charge on any atom is -0.772 e. The van der Waals surface area contributed by atoms with Gasteiger partial charge in [0.25, 0.3) is 0 Å². The normalized spacial score (nSPS) is 17.2. The molecule has 2 aromatic rings. The smallest absolute Gasteiger partial charge is 0.198 e. The summed E-state index contributed by atoms with van der Waals surface area (Å²) in [5, 5.41) is 3.78. The molecule has 0 N–H and O–H groups in total. The molecule has 116 valence electrons. The third kappa shape index (κ3) is 2.76. The van der Waals surface area contributed by atoms with E-state index in [0.717, 1.165) is 18.4 Å². The first-order chi connectivity index (χ1) is 10.4. The molecule has 1 aliphatic carbocycles. The maximum atomic E-state index is 12.7. The van der Waals surface area contributed by atoms with Crippen LogP contribution in [0.5, 0.6) is 0 Å². The average molecular weight is 318 g/mol. The summed E-state index contributed by atoms with van der Waals surface area (Å²) < 4.78 is 26.8. The molecule has 0 saturated heterocycles. The van der Waals surface area contributed by atoms with Gasteiger partial charge in [-0.05, 0) is 30.9 Å². The predicted octanol–water partition coefficient (Wildman–Crippen LogP) is 2.64. The fourth-order valence-corrected chi connectivity index (χ4v) is 3.05. The molecular formula is C16H16NO4S-. The van der Waals surface area contributed by atoms with Crippen molar-refractivity contribution in [3.8, 4) is 0 Å². The van der Waals surface area contributed by atoms with Crippen molar-refractivity contribution in [1.82, 2.24) is 5.16 Å². The number of rotatable bonds is 5. The molecule has 0 radical (unpaired) electrons. The predicted molar refractivity (Wildman–Crippen MR) is 80.3 cm³/mol. The van der Waals surface area contributed by atoms with Gasteiger partial charge in [0.1, 0.15) is 0 Å². The zero-order valence-electron chi connectivity index (χ0n) is 12.4. The van der Waals surface area contributed by atoms with Gasteiger partial charge in [-0.25, -0.2) is 0 Å². The van der Waals surface area contributed by atoms with Gasteiger partial charge >= 0.3 is 0 Å². The molecule has 0 aliphatic heterocycles. The minimum absolute atomic E-state index is 0.0497. The van der Waals surface area contributed by atoms with Gasteiger partial charge in [0, 0.05) is 16.7 Å². The number of aryl methyl sites for hydroxylation is 1. The Hall–Kier alpha value is -1.79. The Morgan fingerprint density at radius 1 is 1.41 bits per heavy atom. The Bertz CT molecular complexity index is 761. The van der Waals surface area contributed by atoms with Crippen molar-refractivity contribution in [2.24, 2.45) is 0 Å². The molecule has 1 atom stereocenters. The van der Waals surface area contributed by atoms with Gasteiger partial charge in [0.2, 0.25) is 0 Å². The highest BCUT2D eigenvalue weighted by Gasteiger charge is 2.45. The van der Waals surface area contributed by atoms with Crippen molar-refractivity contribution >= 4 is 16.9 Å². The minimum atomic E-state index is -2.14. The van der Waals surface area contributed by atoms with E-state index in [-0.39, 0.29) is 17.0 Å². The Balaban J connectivity index is 1.93. The van der Waals surface area contributed by atoms with Gasteiger partial charge < -0.3 is 9.08 Å². The van der Waals surface area contributed by atoms with E-state index in [1.807, 2.05) is 0 Å². The highest BCUT2D eigenvalue weighted by atomic mass is 32.2. The molecule has 5 nitrogen and oxygen atoms in total. The van der Waals surface area contributed by atoms with Crippen molar-refractivity contribution in [1.29, 1.82) is 0 Å². The number of hydrogen-bond donors (Lipinski definition) is 0. The number of ketones is 1. The van der Waals surface area contributed by atoms with Crippen LogP contribution in [0.15, 0.2) is 28.9 Å². The Morgan fingerprint density at radius 2 is 2.14 bits per heavy atom. The molecule has 22 heavy (non-hydrogen) atoms. The average Bonchev–Trinajstić information content (AvgIpc) is 3.01. The molecular weight excluding hydrogens is 302 g/mol. The van der Waals surface area contributed by atoms with E-state index >= 15 is 0 Å². The third-order valence-electron chi connectivity index (χ3n) is 4.18. The monoisotopic (exact) mass is 318 g/mol. The number of nitrogens with zero attached hydrogens (tertiary/aromatic N) is 1.